The summed E-state index contributed by atoms with van der Waals surface area (Å²) in [6.45, 7) is 7.26. The van der Waals surface area contributed by atoms with Crippen LogP contribution in [0.3, 0.4) is 0 Å². The summed E-state index contributed by atoms with van der Waals surface area (Å²) in [7, 11) is 0. The van der Waals surface area contributed by atoms with Crippen LogP contribution < -0.4 is 10.5 Å². The second kappa shape index (κ2) is 11.3. The molecule has 2 N–H and O–H groups in total. The minimum absolute atomic E-state index is 0. The topological polar surface area (TPSA) is 64.8 Å². The van der Waals surface area contributed by atoms with Gasteiger partial charge in [0, 0.05) is 19.7 Å². The fraction of sp³-hybridized carbons (Fsp3) is 0.632. The van der Waals surface area contributed by atoms with Crippen molar-refractivity contribution >= 4 is 18.3 Å². The van der Waals surface area contributed by atoms with Crippen LogP contribution in [-0.4, -0.2) is 49.8 Å². The third-order valence-electron chi connectivity index (χ3n) is 4.41. The van der Waals surface area contributed by atoms with Crippen molar-refractivity contribution in [3.8, 4) is 5.75 Å². The Hall–Kier alpha value is -1.30. The number of carbonyl (C=O) groups excluding carboxylic acids is 1. The Morgan fingerprint density at radius 3 is 2.44 bits per heavy atom. The van der Waals surface area contributed by atoms with Gasteiger partial charge in [0.2, 0.25) is 0 Å². The first-order valence-corrected chi connectivity index (χ1v) is 8.92. The fourth-order valence-corrected chi connectivity index (χ4v) is 2.79. The summed E-state index contributed by atoms with van der Waals surface area (Å²) in [5.74, 6) is 1.28. The summed E-state index contributed by atoms with van der Waals surface area (Å²) < 4.78 is 11.4. The first-order valence-electron chi connectivity index (χ1n) is 8.92. The maximum atomic E-state index is 12.3. The van der Waals surface area contributed by atoms with Gasteiger partial charge in [-0.1, -0.05) is 26.0 Å². The summed E-state index contributed by atoms with van der Waals surface area (Å²) in [5.41, 5.74) is 6.73. The van der Waals surface area contributed by atoms with Crippen LogP contribution >= 0.6 is 12.4 Å². The van der Waals surface area contributed by atoms with Gasteiger partial charge in [-0.2, -0.15) is 0 Å². The number of hydrogen-bond acceptors (Lipinski definition) is 4. The number of carbonyl (C=O) groups is 1. The first-order chi connectivity index (χ1) is 11.6. The van der Waals surface area contributed by atoms with E-state index in [1.807, 2.05) is 17.0 Å². The third kappa shape index (κ3) is 7.22. The Balaban J connectivity index is 0.00000312. The van der Waals surface area contributed by atoms with Crippen molar-refractivity contribution < 1.29 is 14.3 Å². The SMILES string of the molecule is CC(C)c1ccc(OCC(=O)N2CCC(OCCCN)CC2)cc1.Cl. The molecule has 0 unspecified atom stereocenters. The predicted molar refractivity (Wildman–Crippen MR) is 102 cm³/mol. The molecule has 1 aliphatic heterocycles. The van der Waals surface area contributed by atoms with Gasteiger partial charge in [0.15, 0.2) is 6.61 Å². The number of piperidine rings is 1. The number of rotatable bonds is 8. The number of nitrogens with two attached hydrogens (primary N) is 1. The zero-order valence-corrected chi connectivity index (χ0v) is 16.1. The molecule has 1 aromatic carbocycles. The summed E-state index contributed by atoms with van der Waals surface area (Å²) in [4.78, 5) is 14.1. The molecule has 0 saturated carbocycles. The van der Waals surface area contributed by atoms with E-state index in [9.17, 15) is 4.79 Å². The Bertz CT molecular complexity index is 500. The van der Waals surface area contributed by atoms with E-state index in [1.165, 1.54) is 5.56 Å². The fourth-order valence-electron chi connectivity index (χ4n) is 2.79. The lowest BCUT2D eigenvalue weighted by molar-refractivity contribution is -0.136. The van der Waals surface area contributed by atoms with E-state index in [0.29, 0.717) is 19.1 Å². The van der Waals surface area contributed by atoms with Gasteiger partial charge in [-0.05, 0) is 49.4 Å². The molecule has 2 rings (SSSR count). The van der Waals surface area contributed by atoms with Crippen LogP contribution in [0.4, 0.5) is 0 Å². The van der Waals surface area contributed by atoms with Gasteiger partial charge < -0.3 is 20.1 Å². The maximum absolute atomic E-state index is 12.3. The average molecular weight is 371 g/mol. The Morgan fingerprint density at radius 1 is 1.24 bits per heavy atom. The summed E-state index contributed by atoms with van der Waals surface area (Å²) in [6.07, 6.45) is 2.92. The van der Waals surface area contributed by atoms with E-state index in [1.54, 1.807) is 0 Å². The van der Waals surface area contributed by atoms with E-state index < -0.39 is 0 Å². The van der Waals surface area contributed by atoms with Crippen molar-refractivity contribution in [3.63, 3.8) is 0 Å². The molecule has 0 spiro atoms. The highest BCUT2D eigenvalue weighted by Gasteiger charge is 2.23. The molecule has 1 fully saturated rings. The standard InChI is InChI=1S/C19H30N2O3.ClH/c1-15(2)16-4-6-17(7-5-16)24-14-19(22)21-11-8-18(9-12-21)23-13-3-10-20;/h4-7,15,18H,3,8-14,20H2,1-2H3;1H. The molecule has 1 saturated heterocycles. The number of amides is 1. The van der Waals surface area contributed by atoms with Crippen LogP contribution in [0.5, 0.6) is 5.75 Å². The van der Waals surface area contributed by atoms with E-state index in [4.69, 9.17) is 15.2 Å². The second-order valence-corrected chi connectivity index (χ2v) is 6.61. The Morgan fingerprint density at radius 2 is 1.88 bits per heavy atom. The quantitative estimate of drug-likeness (QED) is 0.714. The molecule has 25 heavy (non-hydrogen) atoms. The van der Waals surface area contributed by atoms with Crippen LogP contribution in [0.15, 0.2) is 24.3 Å². The van der Waals surface area contributed by atoms with Gasteiger partial charge in [0.1, 0.15) is 5.75 Å². The molecule has 1 heterocycles. The molecule has 5 nitrogen and oxygen atoms in total. The Kier molecular flexibility index (Phi) is 9.86. The maximum Gasteiger partial charge on any atom is 0.260 e. The minimum atomic E-state index is 0. The van der Waals surface area contributed by atoms with Crippen molar-refractivity contribution in [1.29, 1.82) is 0 Å². The van der Waals surface area contributed by atoms with Crippen molar-refractivity contribution in [1.82, 2.24) is 4.90 Å². The van der Waals surface area contributed by atoms with Gasteiger partial charge in [0.05, 0.1) is 6.10 Å². The molecule has 1 aromatic rings. The summed E-state index contributed by atoms with van der Waals surface area (Å²) in [5, 5.41) is 0. The zero-order valence-electron chi connectivity index (χ0n) is 15.3. The molecule has 1 amide bonds. The predicted octanol–water partition coefficient (Wildman–Crippen LogP) is 2.97. The molecule has 0 aromatic heterocycles. The number of ether oxygens (including phenoxy) is 2. The van der Waals surface area contributed by atoms with E-state index >= 15 is 0 Å². The molecule has 0 radical (unpaired) electrons. The van der Waals surface area contributed by atoms with E-state index in [-0.39, 0.29) is 31.0 Å². The van der Waals surface area contributed by atoms with Crippen LogP contribution in [0.25, 0.3) is 0 Å². The average Bonchev–Trinajstić information content (AvgIpc) is 2.61. The second-order valence-electron chi connectivity index (χ2n) is 6.61. The van der Waals surface area contributed by atoms with Crippen LogP contribution in [0.2, 0.25) is 0 Å². The molecule has 0 bridgehead atoms. The van der Waals surface area contributed by atoms with Gasteiger partial charge in [-0.3, -0.25) is 4.79 Å². The molecule has 0 atom stereocenters. The highest BCUT2D eigenvalue weighted by Crippen LogP contribution is 2.19. The molecule has 6 heteroatoms. The van der Waals surface area contributed by atoms with Gasteiger partial charge >= 0.3 is 0 Å². The summed E-state index contributed by atoms with van der Waals surface area (Å²) in [6, 6.07) is 7.96. The lowest BCUT2D eigenvalue weighted by Crippen LogP contribution is -2.43. The van der Waals surface area contributed by atoms with E-state index in [2.05, 4.69) is 26.0 Å². The Labute approximate surface area is 157 Å². The highest BCUT2D eigenvalue weighted by atomic mass is 35.5. The van der Waals surface area contributed by atoms with Crippen molar-refractivity contribution in [2.24, 2.45) is 5.73 Å². The monoisotopic (exact) mass is 370 g/mol. The van der Waals surface area contributed by atoms with Crippen LogP contribution in [-0.2, 0) is 9.53 Å². The number of hydrogen-bond donors (Lipinski definition) is 1. The number of nitrogens with zero attached hydrogens (tertiary/aromatic N) is 1. The highest BCUT2D eigenvalue weighted by molar-refractivity contribution is 5.85. The van der Waals surface area contributed by atoms with Crippen LogP contribution in [0, 0.1) is 0 Å². The van der Waals surface area contributed by atoms with Gasteiger partial charge in [0.25, 0.3) is 5.91 Å². The van der Waals surface area contributed by atoms with E-state index in [0.717, 1.165) is 38.1 Å². The van der Waals surface area contributed by atoms with Gasteiger partial charge in [-0.15, -0.1) is 12.4 Å². The number of benzene rings is 1. The lowest BCUT2D eigenvalue weighted by atomic mass is 10.0. The zero-order chi connectivity index (χ0) is 17.4. The normalized spacial score (nSPS) is 15.1. The largest absolute Gasteiger partial charge is 0.484 e. The first kappa shape index (κ1) is 21.7. The molecule has 0 aliphatic carbocycles. The lowest BCUT2D eigenvalue weighted by Gasteiger charge is -2.31. The molecule has 142 valence electrons. The molecular formula is C19H31ClN2O3. The number of likely N-dealkylation sites (tertiary alicyclic amines) is 1. The molecular weight excluding hydrogens is 340 g/mol. The van der Waals surface area contributed by atoms with Crippen molar-refractivity contribution in [2.45, 2.75) is 45.1 Å². The van der Waals surface area contributed by atoms with Crippen molar-refractivity contribution in [2.75, 3.05) is 32.8 Å². The van der Waals surface area contributed by atoms with Gasteiger partial charge in [-0.25, -0.2) is 0 Å². The van der Waals surface area contributed by atoms with Crippen molar-refractivity contribution in [3.05, 3.63) is 29.8 Å². The van der Waals surface area contributed by atoms with Crippen LogP contribution in [0.1, 0.15) is 44.6 Å². The number of halogens is 1. The third-order valence-corrected chi connectivity index (χ3v) is 4.41. The molecule has 1 aliphatic rings. The smallest absolute Gasteiger partial charge is 0.260 e. The summed E-state index contributed by atoms with van der Waals surface area (Å²) >= 11 is 0. The minimum Gasteiger partial charge on any atom is -0.484 e.